The standard InChI is InChI=1S/C21H22N6O2S/c1-25(11-13-3-5-16-17(9-13)24-30-23-16)20(29)14-4-6-19-18(10-14)22-21(26(19)2)27-8-7-15(28)12-27/h3-6,9-10,15,28H,7-8,11-12H2,1-2H3/t15-/m0/s1. The lowest BCUT2D eigenvalue weighted by Crippen LogP contribution is -2.26. The molecule has 8 nitrogen and oxygen atoms in total. The van der Waals surface area contributed by atoms with Crippen LogP contribution in [0.5, 0.6) is 0 Å². The fraction of sp³-hybridized carbons (Fsp3) is 0.333. The highest BCUT2D eigenvalue weighted by atomic mass is 32.1. The van der Waals surface area contributed by atoms with E-state index in [0.29, 0.717) is 18.7 Å². The Labute approximate surface area is 177 Å². The summed E-state index contributed by atoms with van der Waals surface area (Å²) in [4.78, 5) is 21.5. The highest BCUT2D eigenvalue weighted by Crippen LogP contribution is 2.25. The molecule has 1 N–H and O–H groups in total. The van der Waals surface area contributed by atoms with Crippen LogP contribution in [0.3, 0.4) is 0 Å². The Balaban J connectivity index is 1.38. The molecular weight excluding hydrogens is 400 g/mol. The van der Waals surface area contributed by atoms with E-state index in [1.54, 1.807) is 11.9 Å². The van der Waals surface area contributed by atoms with Crippen LogP contribution >= 0.6 is 11.7 Å². The van der Waals surface area contributed by atoms with Gasteiger partial charge in [-0.2, -0.15) is 8.75 Å². The van der Waals surface area contributed by atoms with Crippen LogP contribution in [0.15, 0.2) is 36.4 Å². The number of hydrogen-bond donors (Lipinski definition) is 1. The molecule has 0 radical (unpaired) electrons. The number of nitrogens with zero attached hydrogens (tertiary/aromatic N) is 6. The number of rotatable bonds is 4. The molecule has 0 saturated carbocycles. The predicted molar refractivity (Wildman–Crippen MR) is 117 cm³/mol. The molecule has 154 valence electrons. The summed E-state index contributed by atoms with van der Waals surface area (Å²) in [6, 6.07) is 11.5. The van der Waals surface area contributed by atoms with E-state index in [-0.39, 0.29) is 12.0 Å². The molecule has 9 heteroatoms. The molecule has 2 aromatic heterocycles. The van der Waals surface area contributed by atoms with Crippen molar-refractivity contribution in [2.45, 2.75) is 19.1 Å². The second-order valence-corrected chi connectivity index (χ2v) is 8.34. The highest BCUT2D eigenvalue weighted by molar-refractivity contribution is 7.00. The number of aliphatic hydroxyl groups excluding tert-OH is 1. The quantitative estimate of drug-likeness (QED) is 0.544. The van der Waals surface area contributed by atoms with Gasteiger partial charge in [0.05, 0.1) is 28.9 Å². The normalized spacial score (nSPS) is 16.6. The summed E-state index contributed by atoms with van der Waals surface area (Å²) >= 11 is 1.19. The van der Waals surface area contributed by atoms with Gasteiger partial charge < -0.3 is 19.5 Å². The summed E-state index contributed by atoms with van der Waals surface area (Å²) in [6.07, 6.45) is 0.440. The number of carbonyl (C=O) groups excluding carboxylic acids is 1. The topological polar surface area (TPSA) is 87.4 Å². The molecule has 5 rings (SSSR count). The van der Waals surface area contributed by atoms with Crippen LogP contribution in [0.2, 0.25) is 0 Å². The second kappa shape index (κ2) is 7.33. The molecule has 1 atom stereocenters. The van der Waals surface area contributed by atoms with Crippen LogP contribution in [-0.2, 0) is 13.6 Å². The van der Waals surface area contributed by atoms with Crippen LogP contribution in [-0.4, -0.2) is 60.5 Å². The Morgan fingerprint density at radius 1 is 1.20 bits per heavy atom. The number of fused-ring (bicyclic) bond motifs is 2. The first-order valence-electron chi connectivity index (χ1n) is 9.86. The van der Waals surface area contributed by atoms with E-state index >= 15 is 0 Å². The number of aromatic nitrogens is 4. The third-order valence-electron chi connectivity index (χ3n) is 5.64. The molecule has 1 saturated heterocycles. The minimum atomic E-state index is -0.310. The molecule has 0 unspecified atom stereocenters. The molecule has 0 bridgehead atoms. The number of carbonyl (C=O) groups is 1. The first-order valence-corrected chi connectivity index (χ1v) is 10.6. The number of hydrogen-bond acceptors (Lipinski definition) is 7. The number of aliphatic hydroxyl groups is 1. The van der Waals surface area contributed by atoms with E-state index in [0.717, 1.165) is 46.5 Å². The van der Waals surface area contributed by atoms with Crippen molar-refractivity contribution in [1.29, 1.82) is 0 Å². The number of amides is 1. The maximum absolute atomic E-state index is 13.0. The van der Waals surface area contributed by atoms with Gasteiger partial charge in [0.2, 0.25) is 5.95 Å². The molecule has 2 aromatic carbocycles. The summed E-state index contributed by atoms with van der Waals surface area (Å²) < 4.78 is 10.5. The van der Waals surface area contributed by atoms with Gasteiger partial charge in [-0.05, 0) is 42.3 Å². The number of imidazole rings is 1. The fourth-order valence-electron chi connectivity index (χ4n) is 4.02. The molecule has 0 aliphatic carbocycles. The molecule has 1 amide bonds. The predicted octanol–water partition coefficient (Wildman–Crippen LogP) is 2.42. The summed E-state index contributed by atoms with van der Waals surface area (Å²) in [6.45, 7) is 1.86. The zero-order valence-corrected chi connectivity index (χ0v) is 17.6. The van der Waals surface area contributed by atoms with Gasteiger partial charge in [-0.3, -0.25) is 4.79 Å². The zero-order valence-electron chi connectivity index (χ0n) is 16.8. The lowest BCUT2D eigenvalue weighted by atomic mass is 10.1. The minimum Gasteiger partial charge on any atom is -0.391 e. The van der Waals surface area contributed by atoms with Gasteiger partial charge in [-0.25, -0.2) is 4.98 Å². The van der Waals surface area contributed by atoms with Crippen molar-refractivity contribution in [2.75, 3.05) is 25.0 Å². The third-order valence-corrected chi connectivity index (χ3v) is 6.19. The number of β-amino-alcohol motifs (C(OH)–C–C–N with tert-alkyl or cyclic N) is 1. The van der Waals surface area contributed by atoms with E-state index < -0.39 is 0 Å². The largest absolute Gasteiger partial charge is 0.391 e. The van der Waals surface area contributed by atoms with Crippen LogP contribution in [0.4, 0.5) is 5.95 Å². The number of aryl methyl sites for hydroxylation is 1. The molecule has 30 heavy (non-hydrogen) atoms. The van der Waals surface area contributed by atoms with Crippen molar-refractivity contribution in [3.05, 3.63) is 47.5 Å². The highest BCUT2D eigenvalue weighted by Gasteiger charge is 2.24. The van der Waals surface area contributed by atoms with Crippen molar-refractivity contribution in [3.8, 4) is 0 Å². The zero-order chi connectivity index (χ0) is 20.8. The fourth-order valence-corrected chi connectivity index (χ4v) is 4.54. The van der Waals surface area contributed by atoms with Crippen LogP contribution < -0.4 is 4.90 Å². The van der Waals surface area contributed by atoms with Gasteiger partial charge in [0, 0.05) is 39.3 Å². The Morgan fingerprint density at radius 3 is 2.83 bits per heavy atom. The van der Waals surface area contributed by atoms with E-state index in [4.69, 9.17) is 4.98 Å². The van der Waals surface area contributed by atoms with Crippen molar-refractivity contribution < 1.29 is 9.90 Å². The summed E-state index contributed by atoms with van der Waals surface area (Å²) in [7, 11) is 3.76. The Bertz CT molecular complexity index is 1250. The van der Waals surface area contributed by atoms with Crippen LogP contribution in [0, 0.1) is 0 Å². The van der Waals surface area contributed by atoms with E-state index in [2.05, 4.69) is 13.6 Å². The maximum Gasteiger partial charge on any atom is 0.253 e. The Hall–Kier alpha value is -3.04. The first-order chi connectivity index (χ1) is 14.5. The maximum atomic E-state index is 13.0. The van der Waals surface area contributed by atoms with Gasteiger partial charge in [0.1, 0.15) is 11.0 Å². The Morgan fingerprint density at radius 2 is 2.03 bits per heavy atom. The molecule has 1 fully saturated rings. The molecule has 1 aliphatic heterocycles. The van der Waals surface area contributed by atoms with Gasteiger partial charge in [-0.15, -0.1) is 0 Å². The smallest absolute Gasteiger partial charge is 0.253 e. The van der Waals surface area contributed by atoms with E-state index in [1.165, 1.54) is 11.7 Å². The lowest BCUT2D eigenvalue weighted by Gasteiger charge is -2.17. The summed E-state index contributed by atoms with van der Waals surface area (Å²) in [5.74, 6) is 0.766. The number of anilines is 1. The summed E-state index contributed by atoms with van der Waals surface area (Å²) in [5, 5.41) is 9.84. The minimum absolute atomic E-state index is 0.0582. The van der Waals surface area contributed by atoms with Crippen molar-refractivity contribution in [3.63, 3.8) is 0 Å². The van der Waals surface area contributed by atoms with Crippen molar-refractivity contribution >= 4 is 45.7 Å². The van der Waals surface area contributed by atoms with Gasteiger partial charge in [0.25, 0.3) is 5.91 Å². The lowest BCUT2D eigenvalue weighted by molar-refractivity contribution is 0.0785. The molecule has 1 aliphatic rings. The summed E-state index contributed by atoms with van der Waals surface area (Å²) in [5.41, 5.74) is 5.09. The monoisotopic (exact) mass is 422 g/mol. The molecule has 3 heterocycles. The van der Waals surface area contributed by atoms with E-state index in [9.17, 15) is 9.90 Å². The Kier molecular flexibility index (Phi) is 4.63. The van der Waals surface area contributed by atoms with Gasteiger partial charge in [-0.1, -0.05) is 6.07 Å². The SMILES string of the molecule is CN(Cc1ccc2nsnc2c1)C(=O)c1ccc2c(c1)nc(N1CC[C@H](O)C1)n2C. The average Bonchev–Trinajstić information content (AvgIpc) is 3.45. The first kappa shape index (κ1) is 19.0. The van der Waals surface area contributed by atoms with Gasteiger partial charge >= 0.3 is 0 Å². The van der Waals surface area contributed by atoms with Crippen molar-refractivity contribution in [2.24, 2.45) is 7.05 Å². The van der Waals surface area contributed by atoms with Gasteiger partial charge in [0.15, 0.2) is 0 Å². The number of benzene rings is 2. The molecule has 4 aromatic rings. The third kappa shape index (κ3) is 3.29. The van der Waals surface area contributed by atoms with E-state index in [1.807, 2.05) is 48.0 Å². The van der Waals surface area contributed by atoms with Crippen LogP contribution in [0.1, 0.15) is 22.3 Å². The molecule has 0 spiro atoms. The second-order valence-electron chi connectivity index (χ2n) is 7.81. The van der Waals surface area contributed by atoms with Crippen molar-refractivity contribution in [1.82, 2.24) is 23.2 Å². The van der Waals surface area contributed by atoms with Crippen LogP contribution in [0.25, 0.3) is 22.1 Å². The average molecular weight is 423 g/mol. The molecular formula is C21H22N6O2S.